The summed E-state index contributed by atoms with van der Waals surface area (Å²) in [5.74, 6) is 1.76. The van der Waals surface area contributed by atoms with Crippen LogP contribution in [0.3, 0.4) is 0 Å². The molecule has 4 fully saturated rings. The van der Waals surface area contributed by atoms with Crippen molar-refractivity contribution in [2.24, 2.45) is 45.8 Å². The van der Waals surface area contributed by atoms with Crippen LogP contribution in [0.15, 0.2) is 42.0 Å². The first kappa shape index (κ1) is 25.7. The number of thioether (sulfide) groups is 1. The number of aldehydes is 1. The van der Waals surface area contributed by atoms with Crippen LogP contribution in [-0.4, -0.2) is 45.9 Å². The number of hydrogen-bond acceptors (Lipinski definition) is 4. The molecular weight excluding hydrogens is 478 g/mol. The van der Waals surface area contributed by atoms with Gasteiger partial charge in [-0.1, -0.05) is 69.2 Å². The minimum absolute atomic E-state index is 0.147. The Bertz CT molecular complexity index is 1100. The van der Waals surface area contributed by atoms with Crippen molar-refractivity contribution in [3.8, 4) is 0 Å². The van der Waals surface area contributed by atoms with Crippen LogP contribution in [0.2, 0.25) is 0 Å². The number of hydrogen-bond donors (Lipinski definition) is 1. The van der Waals surface area contributed by atoms with E-state index in [1.807, 2.05) is 11.8 Å². The molecule has 0 spiro atoms. The monoisotopic (exact) mass is 521 g/mol. The molecule has 9 atom stereocenters. The molecule has 4 bridgehead atoms. The Morgan fingerprint density at radius 3 is 2.62 bits per heavy atom. The molecule has 1 aromatic rings. The Morgan fingerprint density at radius 2 is 1.95 bits per heavy atom. The summed E-state index contributed by atoms with van der Waals surface area (Å²) in [5, 5.41) is 11.7. The van der Waals surface area contributed by atoms with E-state index in [-0.39, 0.29) is 23.2 Å². The Hall–Kier alpha value is -1.59. The van der Waals surface area contributed by atoms with Gasteiger partial charge in [-0.15, -0.1) is 0 Å². The fourth-order valence-corrected chi connectivity index (χ4v) is 11.9. The van der Waals surface area contributed by atoms with E-state index in [1.54, 1.807) is 0 Å². The van der Waals surface area contributed by atoms with Crippen molar-refractivity contribution in [3.63, 3.8) is 0 Å². The number of carbonyl (C=O) groups is 2. The fourth-order valence-electron chi connectivity index (χ4n) is 10.1. The van der Waals surface area contributed by atoms with E-state index < -0.39 is 16.8 Å². The molecule has 200 valence electrons. The molecule has 4 unspecified atom stereocenters. The number of benzene rings is 1. The van der Waals surface area contributed by atoms with Gasteiger partial charge in [0, 0.05) is 35.5 Å². The Kier molecular flexibility index (Phi) is 6.23. The number of allylic oxidation sites excluding steroid dienone is 1. The van der Waals surface area contributed by atoms with Gasteiger partial charge in [0.25, 0.3) is 0 Å². The van der Waals surface area contributed by atoms with Crippen LogP contribution in [0.5, 0.6) is 0 Å². The topological polar surface area (TPSA) is 57.6 Å². The van der Waals surface area contributed by atoms with Crippen molar-refractivity contribution in [2.75, 3.05) is 12.3 Å². The summed E-state index contributed by atoms with van der Waals surface area (Å²) in [5.41, 5.74) is 0.292. The lowest BCUT2D eigenvalue weighted by molar-refractivity contribution is -0.177. The highest BCUT2D eigenvalue weighted by Crippen LogP contribution is 2.83. The Labute approximate surface area is 226 Å². The lowest BCUT2D eigenvalue weighted by atomic mass is 9.43. The second-order valence-corrected chi connectivity index (χ2v) is 14.7. The zero-order chi connectivity index (χ0) is 26.2. The van der Waals surface area contributed by atoms with Crippen molar-refractivity contribution >= 4 is 24.0 Å². The number of aliphatic carboxylic acids is 1. The molecule has 6 rings (SSSR count). The molecule has 0 aromatic heterocycles. The maximum absolute atomic E-state index is 13.6. The van der Waals surface area contributed by atoms with Gasteiger partial charge in [0.2, 0.25) is 0 Å². The highest BCUT2D eigenvalue weighted by atomic mass is 32.2. The SMILES string of the molecule is CC(C)C1=CC2CC3(C=O)[C@@H]4CC[C@@H](C)[C@H]4CC2(CS[C@@H]2C[C@H](C)N(Cc4ccccc4)C2)C13C(=O)O. The van der Waals surface area contributed by atoms with Crippen molar-refractivity contribution in [3.05, 3.63) is 47.5 Å². The lowest BCUT2D eigenvalue weighted by Crippen LogP contribution is -2.63. The molecule has 3 saturated carbocycles. The first-order chi connectivity index (χ1) is 17.7. The first-order valence-corrected chi connectivity index (χ1v) is 15.6. The Morgan fingerprint density at radius 1 is 1.19 bits per heavy atom. The molecule has 5 heteroatoms. The summed E-state index contributed by atoms with van der Waals surface area (Å²) in [4.78, 5) is 29.4. The molecule has 1 aromatic carbocycles. The van der Waals surface area contributed by atoms with Crippen LogP contribution in [0.4, 0.5) is 0 Å². The quantitative estimate of drug-likeness (QED) is 0.321. The second-order valence-electron chi connectivity index (χ2n) is 13.4. The van der Waals surface area contributed by atoms with Crippen molar-refractivity contribution in [1.29, 1.82) is 0 Å². The molecule has 5 aliphatic rings. The molecule has 1 saturated heterocycles. The van der Waals surface area contributed by atoms with E-state index in [0.29, 0.717) is 23.1 Å². The average Bonchev–Trinajstić information content (AvgIpc) is 3.55. The maximum Gasteiger partial charge on any atom is 0.315 e. The minimum atomic E-state index is -1.03. The number of carboxylic acid groups (broad SMARTS) is 1. The van der Waals surface area contributed by atoms with Crippen LogP contribution in [0.1, 0.15) is 65.4 Å². The maximum atomic E-state index is 13.6. The van der Waals surface area contributed by atoms with Gasteiger partial charge in [0.05, 0.1) is 5.41 Å². The summed E-state index contributed by atoms with van der Waals surface area (Å²) in [6, 6.07) is 11.2. The van der Waals surface area contributed by atoms with Gasteiger partial charge >= 0.3 is 5.97 Å². The van der Waals surface area contributed by atoms with Crippen LogP contribution < -0.4 is 0 Å². The van der Waals surface area contributed by atoms with Crippen LogP contribution >= 0.6 is 11.8 Å². The van der Waals surface area contributed by atoms with Crippen molar-refractivity contribution in [2.45, 2.75) is 77.6 Å². The van der Waals surface area contributed by atoms with Crippen LogP contribution in [0, 0.1) is 45.8 Å². The standard InChI is InChI=1S/C32H43NO3S/c1-20(2)28-13-24-14-30(18-34)27-11-10-21(3)26(27)15-31(24,32(28,30)29(35)36)19-37-25-12-22(4)33(17-25)16-23-8-6-5-7-9-23/h5-9,13,18,20-22,24-27H,10-12,14-17,19H2,1-4H3,(H,35,36)/t21-,22+,24?,25-,26-,27-,30?,31?,32?/m1/s1. The van der Waals surface area contributed by atoms with E-state index in [9.17, 15) is 14.7 Å². The summed E-state index contributed by atoms with van der Waals surface area (Å²) >= 11 is 2.03. The number of likely N-dealkylation sites (tertiary alicyclic amines) is 1. The van der Waals surface area contributed by atoms with E-state index in [0.717, 1.165) is 62.8 Å². The lowest BCUT2D eigenvalue weighted by Gasteiger charge is -2.58. The zero-order valence-corrected chi connectivity index (χ0v) is 23.7. The van der Waals surface area contributed by atoms with Gasteiger partial charge in [0.1, 0.15) is 11.7 Å². The summed E-state index contributed by atoms with van der Waals surface area (Å²) < 4.78 is 0. The minimum Gasteiger partial charge on any atom is -0.481 e. The molecule has 4 nitrogen and oxygen atoms in total. The highest BCUT2D eigenvalue weighted by Gasteiger charge is 2.84. The smallest absolute Gasteiger partial charge is 0.315 e. The third-order valence-electron chi connectivity index (χ3n) is 11.6. The van der Waals surface area contributed by atoms with Crippen LogP contribution in [0.25, 0.3) is 0 Å². The number of fused-ring (bicyclic) bond motifs is 2. The van der Waals surface area contributed by atoms with Crippen molar-refractivity contribution < 1.29 is 14.7 Å². The summed E-state index contributed by atoms with van der Waals surface area (Å²) in [7, 11) is 0. The average molecular weight is 522 g/mol. The molecule has 37 heavy (non-hydrogen) atoms. The molecular formula is C32H43NO3S. The highest BCUT2D eigenvalue weighted by molar-refractivity contribution is 8.00. The van der Waals surface area contributed by atoms with Gasteiger partial charge in [-0.3, -0.25) is 9.69 Å². The van der Waals surface area contributed by atoms with E-state index in [2.05, 4.69) is 69.0 Å². The molecule has 0 amide bonds. The van der Waals surface area contributed by atoms with Gasteiger partial charge < -0.3 is 9.90 Å². The van der Waals surface area contributed by atoms with Gasteiger partial charge in [0.15, 0.2) is 0 Å². The van der Waals surface area contributed by atoms with E-state index in [1.165, 1.54) is 5.56 Å². The fraction of sp³-hybridized carbons (Fsp3) is 0.688. The van der Waals surface area contributed by atoms with E-state index in [4.69, 9.17) is 0 Å². The molecule has 4 aliphatic carbocycles. The van der Waals surface area contributed by atoms with Gasteiger partial charge in [-0.25, -0.2) is 0 Å². The number of rotatable bonds is 8. The third kappa shape index (κ3) is 3.32. The molecule has 1 heterocycles. The van der Waals surface area contributed by atoms with Gasteiger partial charge in [-0.05, 0) is 67.8 Å². The Balaban J connectivity index is 1.32. The zero-order valence-electron chi connectivity index (χ0n) is 22.9. The normalized spacial score (nSPS) is 44.3. The molecule has 1 N–H and O–H groups in total. The predicted molar refractivity (Wildman–Crippen MR) is 149 cm³/mol. The van der Waals surface area contributed by atoms with E-state index >= 15 is 0 Å². The van der Waals surface area contributed by atoms with Crippen molar-refractivity contribution in [1.82, 2.24) is 4.90 Å². The van der Waals surface area contributed by atoms with Crippen LogP contribution in [-0.2, 0) is 16.1 Å². The van der Waals surface area contributed by atoms with Gasteiger partial charge in [-0.2, -0.15) is 11.8 Å². The first-order valence-electron chi connectivity index (χ1n) is 14.5. The number of carboxylic acids is 1. The number of carbonyl (C=O) groups excluding carboxylic acids is 1. The molecule has 1 aliphatic heterocycles. The predicted octanol–water partition coefficient (Wildman–Crippen LogP) is 6.31. The summed E-state index contributed by atoms with van der Waals surface area (Å²) in [6.45, 7) is 11.0. The molecule has 0 radical (unpaired) electrons. The second kappa shape index (κ2) is 8.98. The summed E-state index contributed by atoms with van der Waals surface area (Å²) in [6.07, 6.45) is 8.50. The largest absolute Gasteiger partial charge is 0.481 e. The number of nitrogens with zero attached hydrogens (tertiary/aromatic N) is 1. The third-order valence-corrected chi connectivity index (χ3v) is 13.1.